The van der Waals surface area contributed by atoms with Gasteiger partial charge in [0.05, 0.1) is 11.9 Å². The van der Waals surface area contributed by atoms with E-state index in [4.69, 9.17) is 11.6 Å². The molecule has 0 aliphatic heterocycles. The molecule has 23 heavy (non-hydrogen) atoms. The SMILES string of the molecule is Cc1c(Cl)cccc1NC(=O)CSc1nncc2ccccc12. The van der Waals surface area contributed by atoms with Crippen molar-refractivity contribution in [3.05, 3.63) is 59.2 Å². The third-order valence-corrected chi connectivity index (χ3v) is 4.81. The molecule has 0 saturated carbocycles. The lowest BCUT2D eigenvalue weighted by molar-refractivity contribution is -0.113. The minimum atomic E-state index is -0.102. The number of benzene rings is 2. The lowest BCUT2D eigenvalue weighted by atomic mass is 10.2. The van der Waals surface area contributed by atoms with Crippen molar-refractivity contribution in [1.29, 1.82) is 0 Å². The first-order valence-electron chi connectivity index (χ1n) is 7.03. The van der Waals surface area contributed by atoms with E-state index in [9.17, 15) is 4.79 Å². The maximum atomic E-state index is 12.2. The molecule has 0 bridgehead atoms. The number of aromatic nitrogens is 2. The van der Waals surface area contributed by atoms with Crippen LogP contribution in [0.5, 0.6) is 0 Å². The maximum Gasteiger partial charge on any atom is 0.234 e. The first-order chi connectivity index (χ1) is 11.1. The first kappa shape index (κ1) is 15.8. The van der Waals surface area contributed by atoms with Gasteiger partial charge in [-0.15, -0.1) is 5.10 Å². The van der Waals surface area contributed by atoms with Gasteiger partial charge in [0.2, 0.25) is 5.91 Å². The molecule has 0 atom stereocenters. The number of halogens is 1. The average Bonchev–Trinajstić information content (AvgIpc) is 2.57. The van der Waals surface area contributed by atoms with Crippen molar-refractivity contribution in [1.82, 2.24) is 10.2 Å². The molecule has 0 aliphatic carbocycles. The van der Waals surface area contributed by atoms with Gasteiger partial charge in [-0.25, -0.2) is 0 Å². The van der Waals surface area contributed by atoms with Gasteiger partial charge in [0.1, 0.15) is 5.03 Å². The van der Waals surface area contributed by atoms with Crippen LogP contribution in [0, 0.1) is 6.92 Å². The molecule has 1 aromatic heterocycles. The van der Waals surface area contributed by atoms with Crippen LogP contribution < -0.4 is 5.32 Å². The van der Waals surface area contributed by atoms with E-state index in [1.807, 2.05) is 43.3 Å². The van der Waals surface area contributed by atoms with Gasteiger partial charge in [-0.05, 0) is 24.6 Å². The Bertz CT molecular complexity index is 864. The zero-order valence-corrected chi connectivity index (χ0v) is 14.0. The molecular formula is C17H14ClN3OS. The predicted molar refractivity (Wildman–Crippen MR) is 95.1 cm³/mol. The highest BCUT2D eigenvalue weighted by atomic mass is 35.5. The molecule has 0 fully saturated rings. The Labute approximate surface area is 143 Å². The van der Waals surface area contributed by atoms with E-state index in [0.717, 1.165) is 27.0 Å². The molecule has 0 aliphatic rings. The van der Waals surface area contributed by atoms with Gasteiger partial charge in [-0.2, -0.15) is 5.10 Å². The number of carbonyl (C=O) groups is 1. The monoisotopic (exact) mass is 343 g/mol. The molecule has 4 nitrogen and oxygen atoms in total. The fraction of sp³-hybridized carbons (Fsp3) is 0.118. The minimum Gasteiger partial charge on any atom is -0.325 e. The molecule has 116 valence electrons. The molecule has 1 heterocycles. The largest absolute Gasteiger partial charge is 0.325 e. The Morgan fingerprint density at radius 2 is 2.04 bits per heavy atom. The van der Waals surface area contributed by atoms with Gasteiger partial charge in [0.25, 0.3) is 0 Å². The summed E-state index contributed by atoms with van der Waals surface area (Å²) in [5.41, 5.74) is 1.59. The summed E-state index contributed by atoms with van der Waals surface area (Å²) in [6.07, 6.45) is 1.72. The van der Waals surface area contributed by atoms with Crippen molar-refractivity contribution in [3.8, 4) is 0 Å². The molecule has 3 aromatic rings. The van der Waals surface area contributed by atoms with Crippen LogP contribution in [0.1, 0.15) is 5.56 Å². The normalized spacial score (nSPS) is 10.7. The molecular weight excluding hydrogens is 330 g/mol. The molecule has 1 N–H and O–H groups in total. The van der Waals surface area contributed by atoms with E-state index in [1.54, 1.807) is 12.3 Å². The lowest BCUT2D eigenvalue weighted by Gasteiger charge is -2.09. The second-order valence-corrected chi connectivity index (χ2v) is 6.36. The summed E-state index contributed by atoms with van der Waals surface area (Å²) in [5, 5.41) is 14.4. The van der Waals surface area contributed by atoms with Crippen LogP contribution in [0.2, 0.25) is 5.02 Å². The van der Waals surface area contributed by atoms with Crippen molar-refractivity contribution >= 4 is 45.7 Å². The quantitative estimate of drug-likeness (QED) is 0.717. The van der Waals surface area contributed by atoms with Gasteiger partial charge in [-0.1, -0.05) is 53.7 Å². The number of rotatable bonds is 4. The van der Waals surface area contributed by atoms with E-state index >= 15 is 0 Å². The number of nitrogens with one attached hydrogen (secondary N) is 1. The summed E-state index contributed by atoms with van der Waals surface area (Å²) >= 11 is 7.43. The Morgan fingerprint density at radius 1 is 1.22 bits per heavy atom. The van der Waals surface area contributed by atoms with E-state index in [2.05, 4.69) is 15.5 Å². The average molecular weight is 344 g/mol. The zero-order valence-electron chi connectivity index (χ0n) is 12.4. The minimum absolute atomic E-state index is 0.102. The summed E-state index contributed by atoms with van der Waals surface area (Å²) in [6, 6.07) is 13.3. The number of fused-ring (bicyclic) bond motifs is 1. The molecule has 0 unspecified atom stereocenters. The van der Waals surface area contributed by atoms with E-state index in [0.29, 0.717) is 5.02 Å². The summed E-state index contributed by atoms with van der Waals surface area (Å²) in [4.78, 5) is 12.2. The van der Waals surface area contributed by atoms with Gasteiger partial charge in [0.15, 0.2) is 0 Å². The summed E-state index contributed by atoms with van der Waals surface area (Å²) in [7, 11) is 0. The van der Waals surface area contributed by atoms with Crippen molar-refractivity contribution in [2.45, 2.75) is 11.9 Å². The van der Waals surface area contributed by atoms with E-state index in [1.165, 1.54) is 11.8 Å². The van der Waals surface area contributed by atoms with Crippen LogP contribution in [-0.4, -0.2) is 21.9 Å². The van der Waals surface area contributed by atoms with Crippen LogP contribution in [0.3, 0.4) is 0 Å². The molecule has 2 aromatic carbocycles. The zero-order chi connectivity index (χ0) is 16.2. The van der Waals surface area contributed by atoms with Gasteiger partial charge in [-0.3, -0.25) is 4.79 Å². The second kappa shape index (κ2) is 6.98. The van der Waals surface area contributed by atoms with Crippen LogP contribution in [0.25, 0.3) is 10.8 Å². The first-order valence-corrected chi connectivity index (χ1v) is 8.39. The maximum absolute atomic E-state index is 12.2. The highest BCUT2D eigenvalue weighted by Crippen LogP contribution is 2.26. The molecule has 1 amide bonds. The third-order valence-electron chi connectivity index (χ3n) is 3.42. The molecule has 0 spiro atoms. The van der Waals surface area contributed by atoms with Crippen LogP contribution in [-0.2, 0) is 4.79 Å². The van der Waals surface area contributed by atoms with Crippen molar-refractivity contribution < 1.29 is 4.79 Å². The number of hydrogen-bond acceptors (Lipinski definition) is 4. The summed E-state index contributed by atoms with van der Waals surface area (Å²) < 4.78 is 0. The van der Waals surface area contributed by atoms with Crippen LogP contribution in [0.15, 0.2) is 53.7 Å². The van der Waals surface area contributed by atoms with Crippen molar-refractivity contribution in [3.63, 3.8) is 0 Å². The Balaban J connectivity index is 1.70. The number of amides is 1. The molecule has 3 rings (SSSR count). The van der Waals surface area contributed by atoms with E-state index in [-0.39, 0.29) is 11.7 Å². The second-order valence-electron chi connectivity index (χ2n) is 4.99. The fourth-order valence-corrected chi connectivity index (χ4v) is 3.13. The standard InChI is InChI=1S/C17H14ClN3OS/c1-11-14(18)7-4-8-15(11)20-16(22)10-23-17-13-6-3-2-5-12(13)9-19-21-17/h2-9H,10H2,1H3,(H,20,22). The van der Waals surface area contributed by atoms with E-state index < -0.39 is 0 Å². The highest BCUT2D eigenvalue weighted by Gasteiger charge is 2.10. The van der Waals surface area contributed by atoms with Crippen LogP contribution >= 0.6 is 23.4 Å². The number of carbonyl (C=O) groups excluding carboxylic acids is 1. The lowest BCUT2D eigenvalue weighted by Crippen LogP contribution is -2.15. The topological polar surface area (TPSA) is 54.9 Å². The third kappa shape index (κ3) is 3.63. The van der Waals surface area contributed by atoms with Crippen molar-refractivity contribution in [2.24, 2.45) is 0 Å². The highest BCUT2D eigenvalue weighted by molar-refractivity contribution is 8.00. The number of anilines is 1. The Hall–Kier alpha value is -2.11. The Kier molecular flexibility index (Phi) is 4.79. The number of nitrogens with zero attached hydrogens (tertiary/aromatic N) is 2. The fourth-order valence-electron chi connectivity index (χ4n) is 2.17. The van der Waals surface area contributed by atoms with Gasteiger partial charge < -0.3 is 5.32 Å². The number of thioether (sulfide) groups is 1. The van der Waals surface area contributed by atoms with Gasteiger partial charge in [0, 0.05) is 21.5 Å². The Morgan fingerprint density at radius 3 is 2.91 bits per heavy atom. The number of hydrogen-bond donors (Lipinski definition) is 1. The molecule has 0 radical (unpaired) electrons. The van der Waals surface area contributed by atoms with Crippen LogP contribution in [0.4, 0.5) is 5.69 Å². The predicted octanol–water partition coefficient (Wildman–Crippen LogP) is 4.32. The smallest absolute Gasteiger partial charge is 0.234 e. The van der Waals surface area contributed by atoms with Gasteiger partial charge >= 0.3 is 0 Å². The molecule has 6 heteroatoms. The molecule has 0 saturated heterocycles. The summed E-state index contributed by atoms with van der Waals surface area (Å²) in [5.74, 6) is 0.157. The van der Waals surface area contributed by atoms with Crippen molar-refractivity contribution in [2.75, 3.05) is 11.1 Å². The summed E-state index contributed by atoms with van der Waals surface area (Å²) in [6.45, 7) is 1.88.